The Balaban J connectivity index is 2.64. The molecule has 0 unspecified atom stereocenters. The highest BCUT2D eigenvalue weighted by Crippen LogP contribution is 2.31. The zero-order chi connectivity index (χ0) is 14.0. The molecule has 0 N–H and O–H groups in total. The Morgan fingerprint density at radius 2 is 1.89 bits per heavy atom. The summed E-state index contributed by atoms with van der Waals surface area (Å²) in [6, 6.07) is 10.6. The average Bonchev–Trinajstić information content (AvgIpc) is 2.37. The predicted molar refractivity (Wildman–Crippen MR) is 72.6 cm³/mol. The van der Waals surface area contributed by atoms with E-state index < -0.39 is 0 Å². The van der Waals surface area contributed by atoms with Gasteiger partial charge in [0.25, 0.3) is 0 Å². The molecule has 2 rings (SSSR count). The van der Waals surface area contributed by atoms with Gasteiger partial charge in [0.2, 0.25) is 0 Å². The van der Waals surface area contributed by atoms with E-state index in [1.165, 1.54) is 13.2 Å². The Morgan fingerprint density at radius 3 is 2.47 bits per heavy atom. The van der Waals surface area contributed by atoms with Crippen molar-refractivity contribution in [2.24, 2.45) is 0 Å². The van der Waals surface area contributed by atoms with Crippen LogP contribution in [0.15, 0.2) is 30.3 Å². The number of nitrogens with zero attached hydrogens (tertiary/aromatic N) is 1. The van der Waals surface area contributed by atoms with Gasteiger partial charge in [0.05, 0.1) is 12.7 Å². The Bertz CT molecular complexity index is 671. The second-order valence-electron chi connectivity index (χ2n) is 4.47. The molecule has 0 fully saturated rings. The third-order valence-electron chi connectivity index (χ3n) is 3.03. The maximum atomic E-state index is 14.0. The van der Waals surface area contributed by atoms with Crippen molar-refractivity contribution in [3.05, 3.63) is 52.8 Å². The zero-order valence-corrected chi connectivity index (χ0v) is 11.1. The summed E-state index contributed by atoms with van der Waals surface area (Å²) in [6.45, 7) is 3.68. The van der Waals surface area contributed by atoms with Gasteiger partial charge >= 0.3 is 0 Å². The number of benzene rings is 2. The number of methoxy groups -OCH3 is 1. The molecule has 3 heteroatoms. The molecule has 0 atom stereocenters. The summed E-state index contributed by atoms with van der Waals surface area (Å²) in [5.74, 6) is 0.257. The number of rotatable bonds is 2. The smallest absolute Gasteiger partial charge is 0.139 e. The van der Waals surface area contributed by atoms with E-state index in [4.69, 9.17) is 10.00 Å². The van der Waals surface area contributed by atoms with Crippen LogP contribution in [0.3, 0.4) is 0 Å². The van der Waals surface area contributed by atoms with Crippen LogP contribution in [0.4, 0.5) is 4.39 Å². The normalized spacial score (nSPS) is 10.1. The van der Waals surface area contributed by atoms with Crippen molar-refractivity contribution in [2.45, 2.75) is 13.8 Å². The van der Waals surface area contributed by atoms with E-state index in [1.807, 2.05) is 26.0 Å². The lowest BCUT2D eigenvalue weighted by atomic mass is 9.98. The first-order chi connectivity index (χ1) is 9.06. The van der Waals surface area contributed by atoms with Gasteiger partial charge in [-0.05, 0) is 48.7 Å². The number of hydrogen-bond donors (Lipinski definition) is 0. The molecule has 0 aliphatic rings. The van der Waals surface area contributed by atoms with Crippen molar-refractivity contribution in [3.63, 3.8) is 0 Å². The summed E-state index contributed by atoms with van der Waals surface area (Å²) in [5, 5.41) is 9.14. The predicted octanol–water partition coefficient (Wildman–Crippen LogP) is 3.99. The molecule has 0 aliphatic heterocycles. The summed E-state index contributed by atoms with van der Waals surface area (Å²) in [4.78, 5) is 0. The van der Waals surface area contributed by atoms with Crippen LogP contribution in [-0.2, 0) is 0 Å². The van der Waals surface area contributed by atoms with Crippen LogP contribution in [0.2, 0.25) is 0 Å². The van der Waals surface area contributed by atoms with Crippen molar-refractivity contribution in [2.75, 3.05) is 7.11 Å². The molecule has 0 aromatic heterocycles. The molecule has 0 radical (unpaired) electrons. The lowest BCUT2D eigenvalue weighted by Gasteiger charge is -2.11. The fourth-order valence-corrected chi connectivity index (χ4v) is 2.14. The van der Waals surface area contributed by atoms with E-state index >= 15 is 0 Å². The van der Waals surface area contributed by atoms with Gasteiger partial charge in [-0.15, -0.1) is 0 Å². The number of nitriles is 1. The summed E-state index contributed by atoms with van der Waals surface area (Å²) in [6.07, 6.45) is 0. The van der Waals surface area contributed by atoms with Crippen LogP contribution >= 0.6 is 0 Å². The monoisotopic (exact) mass is 255 g/mol. The molecule has 0 spiro atoms. The van der Waals surface area contributed by atoms with Crippen LogP contribution in [0.1, 0.15) is 16.7 Å². The Hall–Kier alpha value is -2.34. The number of hydrogen-bond acceptors (Lipinski definition) is 2. The third kappa shape index (κ3) is 2.43. The largest absolute Gasteiger partial charge is 0.495 e. The minimum absolute atomic E-state index is 0.284. The van der Waals surface area contributed by atoms with Gasteiger partial charge in [0, 0.05) is 5.56 Å². The van der Waals surface area contributed by atoms with Gasteiger partial charge < -0.3 is 4.74 Å². The first kappa shape index (κ1) is 13.1. The lowest BCUT2D eigenvalue weighted by molar-refractivity contribution is 0.410. The zero-order valence-electron chi connectivity index (χ0n) is 11.1. The minimum atomic E-state index is -0.284. The fourth-order valence-electron chi connectivity index (χ4n) is 2.14. The van der Waals surface area contributed by atoms with E-state index in [-0.39, 0.29) is 5.82 Å². The standard InChI is InChI=1S/C16H14FNO/c1-10-4-5-14(15(17)6-10)12-7-11(2)16(19-3)13(8-12)9-18/h4-8H,1-3H3. The molecule has 0 amide bonds. The second kappa shape index (κ2) is 5.11. The first-order valence-electron chi connectivity index (χ1n) is 5.92. The van der Waals surface area contributed by atoms with Crippen molar-refractivity contribution in [1.29, 1.82) is 5.26 Å². The molecule has 96 valence electrons. The molecule has 2 aromatic rings. The van der Waals surface area contributed by atoms with Gasteiger partial charge in [-0.2, -0.15) is 5.26 Å². The Labute approximate surface area is 112 Å². The van der Waals surface area contributed by atoms with Crippen LogP contribution in [0, 0.1) is 31.0 Å². The van der Waals surface area contributed by atoms with Crippen LogP contribution in [-0.4, -0.2) is 7.11 Å². The molecule has 0 saturated heterocycles. The molecule has 0 aliphatic carbocycles. The fraction of sp³-hybridized carbons (Fsp3) is 0.188. The minimum Gasteiger partial charge on any atom is -0.495 e. The van der Waals surface area contributed by atoms with E-state index in [0.29, 0.717) is 22.4 Å². The van der Waals surface area contributed by atoms with Gasteiger partial charge in [0.1, 0.15) is 17.6 Å². The second-order valence-corrected chi connectivity index (χ2v) is 4.47. The quantitative estimate of drug-likeness (QED) is 0.812. The van der Waals surface area contributed by atoms with Gasteiger partial charge in [-0.1, -0.05) is 12.1 Å². The van der Waals surface area contributed by atoms with Gasteiger partial charge in [-0.25, -0.2) is 4.39 Å². The Kier molecular flexibility index (Phi) is 3.52. The van der Waals surface area contributed by atoms with Gasteiger partial charge in [0.15, 0.2) is 0 Å². The molecule has 0 saturated carbocycles. The van der Waals surface area contributed by atoms with E-state index in [1.54, 1.807) is 12.1 Å². The highest BCUT2D eigenvalue weighted by molar-refractivity contribution is 5.69. The number of halogens is 1. The summed E-state index contributed by atoms with van der Waals surface area (Å²) in [7, 11) is 1.52. The highest BCUT2D eigenvalue weighted by Gasteiger charge is 2.12. The Morgan fingerprint density at radius 1 is 1.16 bits per heavy atom. The van der Waals surface area contributed by atoms with Gasteiger partial charge in [-0.3, -0.25) is 0 Å². The van der Waals surface area contributed by atoms with Crippen molar-refractivity contribution in [1.82, 2.24) is 0 Å². The van der Waals surface area contributed by atoms with Crippen LogP contribution in [0.5, 0.6) is 5.75 Å². The van der Waals surface area contributed by atoms with Crippen LogP contribution in [0.25, 0.3) is 11.1 Å². The molecular formula is C16H14FNO. The molecule has 0 bridgehead atoms. The first-order valence-corrected chi connectivity index (χ1v) is 5.92. The van der Waals surface area contributed by atoms with Crippen molar-refractivity contribution < 1.29 is 9.13 Å². The summed E-state index contributed by atoms with van der Waals surface area (Å²) in [5.41, 5.74) is 3.28. The molecule has 0 heterocycles. The van der Waals surface area contributed by atoms with E-state index in [2.05, 4.69) is 6.07 Å². The highest BCUT2D eigenvalue weighted by atomic mass is 19.1. The topological polar surface area (TPSA) is 33.0 Å². The molecule has 2 nitrogen and oxygen atoms in total. The van der Waals surface area contributed by atoms with Crippen LogP contribution < -0.4 is 4.74 Å². The third-order valence-corrected chi connectivity index (χ3v) is 3.03. The number of ether oxygens (including phenoxy) is 1. The van der Waals surface area contributed by atoms with Crippen molar-refractivity contribution in [3.8, 4) is 22.9 Å². The molecular weight excluding hydrogens is 241 g/mol. The number of aryl methyl sites for hydroxylation is 2. The average molecular weight is 255 g/mol. The summed E-state index contributed by atoms with van der Waals surface area (Å²) < 4.78 is 19.2. The van der Waals surface area contributed by atoms with E-state index in [0.717, 1.165) is 11.1 Å². The van der Waals surface area contributed by atoms with Crippen molar-refractivity contribution >= 4 is 0 Å². The SMILES string of the molecule is COc1c(C)cc(-c2ccc(C)cc2F)cc1C#N. The van der Waals surface area contributed by atoms with E-state index in [9.17, 15) is 4.39 Å². The molecule has 2 aromatic carbocycles. The lowest BCUT2D eigenvalue weighted by Crippen LogP contribution is -1.94. The maximum Gasteiger partial charge on any atom is 0.139 e. The molecule has 19 heavy (non-hydrogen) atoms. The maximum absolute atomic E-state index is 14.0. The summed E-state index contributed by atoms with van der Waals surface area (Å²) >= 11 is 0.